The van der Waals surface area contributed by atoms with Crippen LogP contribution in [-0.2, 0) is 4.79 Å². The van der Waals surface area contributed by atoms with Crippen molar-refractivity contribution in [2.75, 3.05) is 7.11 Å². The van der Waals surface area contributed by atoms with Crippen molar-refractivity contribution >= 4 is 17.8 Å². The Balaban J connectivity index is 1.52. The van der Waals surface area contributed by atoms with E-state index in [1.165, 1.54) is 19.4 Å². The fourth-order valence-corrected chi connectivity index (χ4v) is 3.58. The van der Waals surface area contributed by atoms with Crippen LogP contribution in [0.2, 0.25) is 0 Å². The van der Waals surface area contributed by atoms with Crippen LogP contribution in [0, 0.1) is 10.1 Å². The van der Waals surface area contributed by atoms with Crippen LogP contribution in [0.25, 0.3) is 11.3 Å². The fraction of sp³-hybridized carbons (Fsp3) is 0.0769. The van der Waals surface area contributed by atoms with E-state index in [4.69, 9.17) is 9.15 Å². The van der Waals surface area contributed by atoms with Gasteiger partial charge >= 0.3 is 0 Å². The minimum atomic E-state index is -0.534. The van der Waals surface area contributed by atoms with E-state index in [1.54, 1.807) is 24.3 Å². The summed E-state index contributed by atoms with van der Waals surface area (Å²) in [5.41, 5.74) is 4.42. The van der Waals surface area contributed by atoms with Crippen LogP contribution < -0.4 is 10.2 Å². The predicted octanol–water partition coefficient (Wildman–Crippen LogP) is 5.15. The Morgan fingerprint density at radius 1 is 1.00 bits per heavy atom. The third kappa shape index (κ3) is 5.02. The van der Waals surface area contributed by atoms with Crippen molar-refractivity contribution in [2.45, 2.75) is 5.92 Å². The van der Waals surface area contributed by atoms with Crippen LogP contribution in [0.4, 0.5) is 5.69 Å². The Morgan fingerprint density at radius 3 is 2.24 bits per heavy atom. The molecule has 4 aromatic rings. The van der Waals surface area contributed by atoms with Gasteiger partial charge in [-0.05, 0) is 35.4 Å². The van der Waals surface area contributed by atoms with E-state index in [1.807, 2.05) is 60.7 Å². The molecule has 0 fully saturated rings. The lowest BCUT2D eigenvalue weighted by atomic mass is 9.91. The molecule has 1 heterocycles. The molecule has 0 radical (unpaired) electrons. The molecule has 0 aliphatic heterocycles. The zero-order chi connectivity index (χ0) is 23.9. The molecule has 8 nitrogen and oxygen atoms in total. The predicted molar refractivity (Wildman–Crippen MR) is 128 cm³/mol. The average Bonchev–Trinajstić information content (AvgIpc) is 3.34. The number of ether oxygens (including phenoxy) is 1. The van der Waals surface area contributed by atoms with E-state index < -0.39 is 10.8 Å². The number of hydrogen-bond donors (Lipinski definition) is 1. The van der Waals surface area contributed by atoms with Crippen molar-refractivity contribution in [3.8, 4) is 17.1 Å². The van der Waals surface area contributed by atoms with Gasteiger partial charge in [-0.1, -0.05) is 60.7 Å². The van der Waals surface area contributed by atoms with Gasteiger partial charge in [-0.2, -0.15) is 5.10 Å². The number of furan rings is 1. The van der Waals surface area contributed by atoms with Crippen molar-refractivity contribution in [1.82, 2.24) is 5.43 Å². The van der Waals surface area contributed by atoms with E-state index in [0.717, 1.165) is 11.1 Å². The summed E-state index contributed by atoms with van der Waals surface area (Å²) in [6.45, 7) is 0. The second kappa shape index (κ2) is 10.3. The monoisotopic (exact) mass is 455 g/mol. The quantitative estimate of drug-likeness (QED) is 0.225. The second-order valence-electron chi connectivity index (χ2n) is 7.33. The number of hydrogen-bond acceptors (Lipinski definition) is 6. The number of methoxy groups -OCH3 is 1. The van der Waals surface area contributed by atoms with Gasteiger partial charge in [0.1, 0.15) is 17.3 Å². The second-order valence-corrected chi connectivity index (χ2v) is 7.33. The van der Waals surface area contributed by atoms with Crippen molar-refractivity contribution < 1.29 is 18.9 Å². The molecule has 0 unspecified atom stereocenters. The molecule has 0 bridgehead atoms. The zero-order valence-electron chi connectivity index (χ0n) is 18.3. The van der Waals surface area contributed by atoms with Crippen LogP contribution >= 0.6 is 0 Å². The van der Waals surface area contributed by atoms with E-state index >= 15 is 0 Å². The standard InChI is InChI=1S/C26H21N3O5/c1-33-20-12-14-22(23(16-20)29(31)32)24-15-13-21(34-24)17-27-28-26(30)25(18-8-4-2-5-9-18)19-10-6-3-7-11-19/h2-17,25H,1H3,(H,28,30)/b27-17-. The molecule has 34 heavy (non-hydrogen) atoms. The Hall–Kier alpha value is -4.72. The third-order valence-electron chi connectivity index (χ3n) is 5.19. The van der Waals surface area contributed by atoms with Gasteiger partial charge in [-0.25, -0.2) is 5.43 Å². The number of nitrogens with one attached hydrogen (secondary N) is 1. The lowest BCUT2D eigenvalue weighted by molar-refractivity contribution is -0.384. The summed E-state index contributed by atoms with van der Waals surface area (Å²) in [5.74, 6) is 0.169. The normalized spacial score (nSPS) is 11.0. The number of hydrazone groups is 1. The van der Waals surface area contributed by atoms with E-state index in [9.17, 15) is 14.9 Å². The first-order chi connectivity index (χ1) is 16.6. The number of carbonyl (C=O) groups is 1. The van der Waals surface area contributed by atoms with Crippen LogP contribution in [0.3, 0.4) is 0 Å². The van der Waals surface area contributed by atoms with Gasteiger partial charge in [0.15, 0.2) is 0 Å². The summed E-state index contributed by atoms with van der Waals surface area (Å²) in [7, 11) is 1.44. The fourth-order valence-electron chi connectivity index (χ4n) is 3.58. The number of benzene rings is 3. The highest BCUT2D eigenvalue weighted by Gasteiger charge is 2.22. The molecule has 1 N–H and O–H groups in total. The first-order valence-electron chi connectivity index (χ1n) is 10.4. The molecule has 1 amide bonds. The first kappa shape index (κ1) is 22.5. The molecule has 0 aliphatic rings. The number of amides is 1. The Kier molecular flexibility index (Phi) is 6.78. The number of nitro groups is 1. The van der Waals surface area contributed by atoms with Crippen LogP contribution in [0.15, 0.2) is 101 Å². The molecule has 0 aliphatic carbocycles. The molecule has 4 rings (SSSR count). The molecule has 0 saturated carbocycles. The molecule has 3 aromatic carbocycles. The summed E-state index contributed by atoms with van der Waals surface area (Å²) in [4.78, 5) is 23.9. The van der Waals surface area contributed by atoms with E-state index in [0.29, 0.717) is 22.8 Å². The van der Waals surface area contributed by atoms with Gasteiger partial charge in [-0.3, -0.25) is 14.9 Å². The van der Waals surface area contributed by atoms with E-state index in [-0.39, 0.29) is 11.6 Å². The number of carbonyl (C=O) groups excluding carboxylic acids is 1. The highest BCUT2D eigenvalue weighted by molar-refractivity contribution is 5.88. The number of nitrogens with zero attached hydrogens (tertiary/aromatic N) is 2. The van der Waals surface area contributed by atoms with Gasteiger partial charge in [0.25, 0.3) is 11.6 Å². The van der Waals surface area contributed by atoms with Crippen LogP contribution in [0.1, 0.15) is 22.8 Å². The SMILES string of the molecule is COc1ccc(-c2ccc(/C=N\NC(=O)C(c3ccccc3)c3ccccc3)o2)c([N+](=O)[O-])c1. The highest BCUT2D eigenvalue weighted by atomic mass is 16.6. The average molecular weight is 455 g/mol. The van der Waals surface area contributed by atoms with Gasteiger partial charge in [0.2, 0.25) is 0 Å². The summed E-state index contributed by atoms with van der Waals surface area (Å²) >= 11 is 0. The maximum atomic E-state index is 13.0. The largest absolute Gasteiger partial charge is 0.497 e. The summed E-state index contributed by atoms with van der Waals surface area (Å²) in [5, 5.41) is 15.5. The van der Waals surface area contributed by atoms with Gasteiger partial charge < -0.3 is 9.15 Å². The third-order valence-corrected chi connectivity index (χ3v) is 5.19. The molecule has 170 valence electrons. The zero-order valence-corrected chi connectivity index (χ0v) is 18.3. The topological polar surface area (TPSA) is 107 Å². The lowest BCUT2D eigenvalue weighted by Crippen LogP contribution is -2.26. The summed E-state index contributed by atoms with van der Waals surface area (Å²) in [6.07, 6.45) is 1.35. The molecule has 1 aromatic heterocycles. The molecule has 0 spiro atoms. The van der Waals surface area contributed by atoms with Crippen LogP contribution in [-0.4, -0.2) is 24.2 Å². The van der Waals surface area contributed by atoms with Gasteiger partial charge in [0.05, 0.1) is 35.8 Å². The first-order valence-corrected chi connectivity index (χ1v) is 10.4. The van der Waals surface area contributed by atoms with Crippen molar-refractivity contribution in [1.29, 1.82) is 0 Å². The highest BCUT2D eigenvalue weighted by Crippen LogP contribution is 2.34. The Bertz CT molecular complexity index is 1280. The molecule has 8 heteroatoms. The summed E-state index contributed by atoms with van der Waals surface area (Å²) < 4.78 is 10.8. The number of rotatable bonds is 8. The molecule has 0 atom stereocenters. The van der Waals surface area contributed by atoms with E-state index in [2.05, 4.69) is 10.5 Å². The Morgan fingerprint density at radius 2 is 1.65 bits per heavy atom. The molecular formula is C26H21N3O5. The van der Waals surface area contributed by atoms with Crippen molar-refractivity contribution in [3.05, 3.63) is 118 Å². The lowest BCUT2D eigenvalue weighted by Gasteiger charge is -2.16. The molecular weight excluding hydrogens is 434 g/mol. The Labute approximate surface area is 195 Å². The maximum absolute atomic E-state index is 13.0. The van der Waals surface area contributed by atoms with Gasteiger partial charge in [-0.15, -0.1) is 0 Å². The molecule has 0 saturated heterocycles. The van der Waals surface area contributed by atoms with Crippen molar-refractivity contribution in [3.63, 3.8) is 0 Å². The van der Waals surface area contributed by atoms with Gasteiger partial charge in [0, 0.05) is 0 Å². The summed E-state index contributed by atoms with van der Waals surface area (Å²) in [6, 6.07) is 26.6. The van der Waals surface area contributed by atoms with Crippen molar-refractivity contribution in [2.24, 2.45) is 5.10 Å². The van der Waals surface area contributed by atoms with Crippen LogP contribution in [0.5, 0.6) is 5.75 Å². The smallest absolute Gasteiger partial charge is 0.284 e. The minimum absolute atomic E-state index is 0.140. The maximum Gasteiger partial charge on any atom is 0.284 e. The number of nitro benzene ring substituents is 1. The minimum Gasteiger partial charge on any atom is -0.497 e.